The van der Waals surface area contributed by atoms with Gasteiger partial charge in [-0.25, -0.2) is 4.98 Å². The molecule has 3 aromatic rings. The van der Waals surface area contributed by atoms with Crippen LogP contribution in [0.3, 0.4) is 0 Å². The Kier molecular flexibility index (Phi) is 5.16. The summed E-state index contributed by atoms with van der Waals surface area (Å²) in [5.41, 5.74) is 2.89. The second-order valence-electron chi connectivity index (χ2n) is 9.10. The molecule has 2 aliphatic rings. The van der Waals surface area contributed by atoms with E-state index in [4.69, 9.17) is 9.72 Å². The fourth-order valence-electron chi connectivity index (χ4n) is 4.38. The Morgan fingerprint density at radius 3 is 2.66 bits per heavy atom. The molecule has 0 unspecified atom stereocenters. The predicted octanol–water partition coefficient (Wildman–Crippen LogP) is 4.56. The maximum Gasteiger partial charge on any atom is 0.254 e. The minimum Gasteiger partial charge on any atom is -0.487 e. The van der Waals surface area contributed by atoms with E-state index in [1.807, 2.05) is 18.7 Å². The normalized spacial score (nSPS) is 17.9. The number of benzene rings is 2. The summed E-state index contributed by atoms with van der Waals surface area (Å²) in [6.07, 6.45) is 1.33. The van der Waals surface area contributed by atoms with Crippen molar-refractivity contribution in [3.8, 4) is 5.75 Å². The number of carbonyl (C=O) groups is 2. The van der Waals surface area contributed by atoms with Gasteiger partial charge in [0, 0.05) is 31.7 Å². The second kappa shape index (κ2) is 7.89. The molecule has 5 rings (SSSR count). The van der Waals surface area contributed by atoms with Crippen molar-refractivity contribution >= 4 is 38.4 Å². The van der Waals surface area contributed by atoms with Gasteiger partial charge in [-0.2, -0.15) is 0 Å². The van der Waals surface area contributed by atoms with E-state index in [-0.39, 0.29) is 11.7 Å². The first-order valence-corrected chi connectivity index (χ1v) is 11.9. The highest BCUT2D eigenvalue weighted by atomic mass is 32.1. The zero-order valence-electron chi connectivity index (χ0n) is 18.7. The second-order valence-corrected chi connectivity index (χ2v) is 10.1. The number of piperazine rings is 1. The smallest absolute Gasteiger partial charge is 0.254 e. The van der Waals surface area contributed by atoms with Crippen LogP contribution >= 0.6 is 11.3 Å². The summed E-state index contributed by atoms with van der Waals surface area (Å²) in [5.74, 6) is 0.550. The van der Waals surface area contributed by atoms with Gasteiger partial charge in [0.15, 0.2) is 10.9 Å². The van der Waals surface area contributed by atoms with Crippen LogP contribution in [-0.4, -0.2) is 53.4 Å². The van der Waals surface area contributed by atoms with Crippen LogP contribution in [-0.2, 0) is 6.42 Å². The predicted molar refractivity (Wildman–Crippen MR) is 127 cm³/mol. The van der Waals surface area contributed by atoms with Gasteiger partial charge in [0.05, 0.1) is 22.2 Å². The summed E-state index contributed by atoms with van der Waals surface area (Å²) in [6.45, 7) is 8.71. The standard InChI is InChI=1S/C25H27N3O3S/c1-4-16-5-7-19-22(13-16)32-24(26-19)28-11-9-27(10-12-28)23(30)17-6-8-21-18(14-17)20(29)15-25(2,3)31-21/h5-8,13-14H,4,9-12,15H2,1-3H3. The number of ketones is 1. The molecule has 0 saturated carbocycles. The van der Waals surface area contributed by atoms with Crippen molar-refractivity contribution in [1.82, 2.24) is 9.88 Å². The SMILES string of the molecule is CCc1ccc2nc(N3CCN(C(=O)c4ccc5c(c4)C(=O)CC(C)(C)O5)CC3)sc2c1. The van der Waals surface area contributed by atoms with Crippen LogP contribution < -0.4 is 9.64 Å². The fourth-order valence-corrected chi connectivity index (χ4v) is 5.46. The van der Waals surface area contributed by atoms with Crippen LogP contribution in [0.5, 0.6) is 5.75 Å². The Balaban J connectivity index is 1.28. The largest absolute Gasteiger partial charge is 0.487 e. The average molecular weight is 450 g/mol. The molecule has 6 nitrogen and oxygen atoms in total. The lowest BCUT2D eigenvalue weighted by Gasteiger charge is -2.35. The maximum atomic E-state index is 13.1. The number of rotatable bonds is 3. The zero-order valence-corrected chi connectivity index (χ0v) is 19.5. The molecule has 1 fully saturated rings. The van der Waals surface area contributed by atoms with E-state index in [0.29, 0.717) is 36.4 Å². The number of thiazole rings is 1. The molecule has 3 heterocycles. The van der Waals surface area contributed by atoms with Crippen LogP contribution in [0.15, 0.2) is 36.4 Å². The molecule has 166 valence electrons. The van der Waals surface area contributed by atoms with Gasteiger partial charge in [-0.15, -0.1) is 0 Å². The van der Waals surface area contributed by atoms with Gasteiger partial charge in [-0.05, 0) is 56.2 Å². The Morgan fingerprint density at radius 1 is 1.12 bits per heavy atom. The Morgan fingerprint density at radius 2 is 1.91 bits per heavy atom. The van der Waals surface area contributed by atoms with Gasteiger partial charge >= 0.3 is 0 Å². The lowest BCUT2D eigenvalue weighted by molar-refractivity contribution is 0.0619. The van der Waals surface area contributed by atoms with Crippen molar-refractivity contribution in [1.29, 1.82) is 0 Å². The van der Waals surface area contributed by atoms with Gasteiger partial charge < -0.3 is 14.5 Å². The molecule has 1 saturated heterocycles. The third-order valence-corrected chi connectivity index (χ3v) is 7.27. The first-order chi connectivity index (χ1) is 15.3. The van der Waals surface area contributed by atoms with Crippen LogP contribution in [0.2, 0.25) is 0 Å². The maximum absolute atomic E-state index is 13.1. The molecular formula is C25H27N3O3S. The number of fused-ring (bicyclic) bond motifs is 2. The monoisotopic (exact) mass is 449 g/mol. The van der Waals surface area contributed by atoms with E-state index in [0.717, 1.165) is 30.2 Å². The summed E-state index contributed by atoms with van der Waals surface area (Å²) >= 11 is 1.71. The van der Waals surface area contributed by atoms with Crippen molar-refractivity contribution in [3.05, 3.63) is 53.1 Å². The number of ether oxygens (including phenoxy) is 1. The van der Waals surface area contributed by atoms with E-state index in [2.05, 4.69) is 30.0 Å². The van der Waals surface area contributed by atoms with Gasteiger partial charge in [-0.1, -0.05) is 24.3 Å². The summed E-state index contributed by atoms with van der Waals surface area (Å²) in [5, 5.41) is 1.01. The van der Waals surface area contributed by atoms with Crippen molar-refractivity contribution < 1.29 is 14.3 Å². The van der Waals surface area contributed by atoms with Crippen molar-refractivity contribution in [2.24, 2.45) is 0 Å². The highest BCUT2D eigenvalue weighted by Crippen LogP contribution is 2.34. The topological polar surface area (TPSA) is 62.7 Å². The Hall–Kier alpha value is -2.93. The highest BCUT2D eigenvalue weighted by molar-refractivity contribution is 7.22. The number of aryl methyl sites for hydroxylation is 1. The first kappa shape index (κ1) is 20.9. The number of nitrogens with zero attached hydrogens (tertiary/aromatic N) is 3. The van der Waals surface area contributed by atoms with Crippen LogP contribution in [0.1, 0.15) is 53.5 Å². The highest BCUT2D eigenvalue weighted by Gasteiger charge is 2.33. The third-order valence-electron chi connectivity index (χ3n) is 6.19. The molecule has 0 atom stereocenters. The quantitative estimate of drug-likeness (QED) is 0.586. The fraction of sp³-hybridized carbons (Fsp3) is 0.400. The molecule has 0 N–H and O–H groups in total. The summed E-state index contributed by atoms with van der Waals surface area (Å²) < 4.78 is 7.12. The molecule has 32 heavy (non-hydrogen) atoms. The van der Waals surface area contributed by atoms with E-state index in [9.17, 15) is 9.59 Å². The van der Waals surface area contributed by atoms with E-state index in [1.54, 1.807) is 29.5 Å². The molecule has 7 heteroatoms. The lowest BCUT2D eigenvalue weighted by Crippen LogP contribution is -2.48. The number of amides is 1. The minimum atomic E-state index is -0.509. The van der Waals surface area contributed by atoms with E-state index in [1.165, 1.54) is 10.3 Å². The Bertz CT molecular complexity index is 1210. The van der Waals surface area contributed by atoms with Crippen molar-refractivity contribution in [2.75, 3.05) is 31.1 Å². The number of carbonyl (C=O) groups excluding carboxylic acids is 2. The van der Waals surface area contributed by atoms with Gasteiger partial charge in [0.1, 0.15) is 11.4 Å². The van der Waals surface area contributed by atoms with Crippen LogP contribution in [0, 0.1) is 0 Å². The molecule has 1 amide bonds. The average Bonchev–Trinajstić information content (AvgIpc) is 3.21. The van der Waals surface area contributed by atoms with E-state index >= 15 is 0 Å². The number of hydrogen-bond acceptors (Lipinski definition) is 6. The number of aromatic nitrogens is 1. The molecule has 0 aliphatic carbocycles. The van der Waals surface area contributed by atoms with Crippen LogP contribution in [0.25, 0.3) is 10.2 Å². The minimum absolute atomic E-state index is 0.0257. The summed E-state index contributed by atoms with van der Waals surface area (Å²) in [6, 6.07) is 11.7. The molecular weight excluding hydrogens is 422 g/mol. The van der Waals surface area contributed by atoms with Crippen molar-refractivity contribution in [3.63, 3.8) is 0 Å². The Labute approximate surface area is 191 Å². The lowest BCUT2D eigenvalue weighted by atomic mass is 9.92. The van der Waals surface area contributed by atoms with Gasteiger partial charge in [-0.3, -0.25) is 9.59 Å². The molecule has 2 aromatic carbocycles. The molecule has 0 spiro atoms. The molecule has 1 aromatic heterocycles. The van der Waals surface area contributed by atoms with Gasteiger partial charge in [0.25, 0.3) is 5.91 Å². The zero-order chi connectivity index (χ0) is 22.5. The molecule has 0 radical (unpaired) electrons. The summed E-state index contributed by atoms with van der Waals surface area (Å²) in [7, 11) is 0. The third kappa shape index (κ3) is 3.86. The first-order valence-electron chi connectivity index (χ1n) is 11.1. The molecule has 2 aliphatic heterocycles. The number of hydrogen-bond donors (Lipinski definition) is 0. The van der Waals surface area contributed by atoms with Crippen LogP contribution in [0.4, 0.5) is 5.13 Å². The van der Waals surface area contributed by atoms with Crippen molar-refractivity contribution in [2.45, 2.75) is 39.2 Å². The number of Topliss-reactive ketones (excluding diaryl/α,β-unsaturated/α-hetero) is 1. The summed E-state index contributed by atoms with van der Waals surface area (Å²) in [4.78, 5) is 34.6. The molecule has 0 bridgehead atoms. The van der Waals surface area contributed by atoms with E-state index < -0.39 is 5.60 Å². The number of anilines is 1. The van der Waals surface area contributed by atoms with Gasteiger partial charge in [0.2, 0.25) is 0 Å².